The molecule has 0 saturated heterocycles. The van der Waals surface area contributed by atoms with Crippen molar-refractivity contribution < 1.29 is 28.9 Å². The van der Waals surface area contributed by atoms with E-state index in [9.17, 15) is 9.59 Å². The number of carboxylic acids is 1. The lowest BCUT2D eigenvalue weighted by atomic mass is 10.2. The molecule has 0 spiro atoms. The van der Waals surface area contributed by atoms with Crippen LogP contribution in [0.15, 0.2) is 12.1 Å². The van der Waals surface area contributed by atoms with Gasteiger partial charge in [0, 0.05) is 5.56 Å². The van der Waals surface area contributed by atoms with Crippen LogP contribution in [0, 0.1) is 0 Å². The van der Waals surface area contributed by atoms with Crippen LogP contribution in [0.4, 0.5) is 0 Å². The molecule has 1 aromatic carbocycles. The Labute approximate surface area is 104 Å². The summed E-state index contributed by atoms with van der Waals surface area (Å²) in [5, 5.41) is 8.81. The molecule has 0 aliphatic heterocycles. The van der Waals surface area contributed by atoms with Crippen molar-refractivity contribution in [3.8, 4) is 17.2 Å². The Morgan fingerprint density at radius 2 is 1.78 bits per heavy atom. The molecule has 1 aromatic rings. The summed E-state index contributed by atoms with van der Waals surface area (Å²) in [6.45, 7) is 1.38. The molecule has 0 heterocycles. The minimum atomic E-state index is -1.11. The maximum Gasteiger partial charge on any atom is 0.344 e. The summed E-state index contributed by atoms with van der Waals surface area (Å²) in [5.74, 6) is -0.479. The predicted octanol–water partition coefficient (Wildman–Crippen LogP) is 1.37. The van der Waals surface area contributed by atoms with Crippen LogP contribution < -0.4 is 14.2 Å². The van der Waals surface area contributed by atoms with Crippen LogP contribution in [0.25, 0.3) is 0 Å². The number of aldehydes is 1. The number of rotatable bonds is 6. The number of carboxylic acid groups (broad SMARTS) is 1. The maximum atomic E-state index is 10.8. The highest BCUT2D eigenvalue weighted by atomic mass is 16.6. The van der Waals surface area contributed by atoms with Gasteiger partial charge in [-0.1, -0.05) is 0 Å². The van der Waals surface area contributed by atoms with Gasteiger partial charge in [0.15, 0.2) is 17.6 Å². The summed E-state index contributed by atoms with van der Waals surface area (Å²) < 4.78 is 15.4. The zero-order chi connectivity index (χ0) is 13.7. The van der Waals surface area contributed by atoms with Gasteiger partial charge in [-0.25, -0.2) is 4.79 Å². The average Bonchev–Trinajstić information content (AvgIpc) is 2.38. The number of methoxy groups -OCH3 is 2. The third kappa shape index (κ3) is 2.91. The average molecular weight is 254 g/mol. The van der Waals surface area contributed by atoms with Gasteiger partial charge in [0.1, 0.15) is 6.29 Å². The van der Waals surface area contributed by atoms with E-state index in [-0.39, 0.29) is 17.2 Å². The van der Waals surface area contributed by atoms with E-state index in [2.05, 4.69) is 0 Å². The van der Waals surface area contributed by atoms with Crippen molar-refractivity contribution in [2.75, 3.05) is 14.2 Å². The number of hydrogen-bond donors (Lipinski definition) is 1. The number of carbonyl (C=O) groups excluding carboxylic acids is 1. The SMILES string of the molecule is COc1cc(C=O)cc(OC)c1OC(C)C(=O)O. The summed E-state index contributed by atoms with van der Waals surface area (Å²) in [6.07, 6.45) is -0.426. The Hall–Kier alpha value is -2.24. The largest absolute Gasteiger partial charge is 0.493 e. The zero-order valence-corrected chi connectivity index (χ0v) is 10.3. The van der Waals surface area contributed by atoms with Crippen molar-refractivity contribution >= 4 is 12.3 Å². The van der Waals surface area contributed by atoms with Gasteiger partial charge in [-0.05, 0) is 19.1 Å². The van der Waals surface area contributed by atoms with Gasteiger partial charge in [0.05, 0.1) is 14.2 Å². The summed E-state index contributed by atoms with van der Waals surface area (Å²) in [7, 11) is 2.78. The zero-order valence-electron chi connectivity index (χ0n) is 10.3. The van der Waals surface area contributed by atoms with E-state index in [0.717, 1.165) is 0 Å². The van der Waals surface area contributed by atoms with Crippen LogP contribution in [0.1, 0.15) is 17.3 Å². The Kier molecular flexibility index (Phi) is 4.53. The monoisotopic (exact) mass is 254 g/mol. The van der Waals surface area contributed by atoms with Gasteiger partial charge in [-0.15, -0.1) is 0 Å². The quantitative estimate of drug-likeness (QED) is 0.772. The third-order valence-corrected chi connectivity index (χ3v) is 2.26. The number of carbonyl (C=O) groups is 2. The first-order valence-corrected chi connectivity index (χ1v) is 5.14. The Balaban J connectivity index is 3.22. The van der Waals surface area contributed by atoms with Crippen LogP contribution >= 0.6 is 0 Å². The van der Waals surface area contributed by atoms with Crippen LogP contribution in [-0.2, 0) is 4.79 Å². The molecule has 0 radical (unpaired) electrons. The van der Waals surface area contributed by atoms with E-state index in [1.165, 1.54) is 33.3 Å². The van der Waals surface area contributed by atoms with Crippen LogP contribution in [-0.4, -0.2) is 37.7 Å². The molecule has 1 unspecified atom stereocenters. The molecular weight excluding hydrogens is 240 g/mol. The van der Waals surface area contributed by atoms with E-state index < -0.39 is 12.1 Å². The van der Waals surface area contributed by atoms with Crippen LogP contribution in [0.2, 0.25) is 0 Å². The molecule has 0 aliphatic carbocycles. The highest BCUT2D eigenvalue weighted by Gasteiger charge is 2.20. The second kappa shape index (κ2) is 5.90. The minimum absolute atomic E-state index is 0.153. The summed E-state index contributed by atoms with van der Waals surface area (Å²) in [5.41, 5.74) is 0.346. The lowest BCUT2D eigenvalue weighted by Gasteiger charge is -2.17. The van der Waals surface area contributed by atoms with Crippen LogP contribution in [0.5, 0.6) is 17.2 Å². The second-order valence-electron chi connectivity index (χ2n) is 3.47. The van der Waals surface area contributed by atoms with Crippen molar-refractivity contribution in [1.82, 2.24) is 0 Å². The highest BCUT2D eigenvalue weighted by molar-refractivity contribution is 5.79. The van der Waals surface area contributed by atoms with Crippen LogP contribution in [0.3, 0.4) is 0 Å². The first-order chi connectivity index (χ1) is 8.53. The normalized spacial score (nSPS) is 11.5. The highest BCUT2D eigenvalue weighted by Crippen LogP contribution is 2.38. The van der Waals surface area contributed by atoms with Crippen molar-refractivity contribution in [2.24, 2.45) is 0 Å². The number of hydrogen-bond acceptors (Lipinski definition) is 5. The van der Waals surface area contributed by atoms with E-state index >= 15 is 0 Å². The maximum absolute atomic E-state index is 10.8. The lowest BCUT2D eigenvalue weighted by molar-refractivity contribution is -0.144. The second-order valence-corrected chi connectivity index (χ2v) is 3.47. The molecule has 18 heavy (non-hydrogen) atoms. The fraction of sp³-hybridized carbons (Fsp3) is 0.333. The van der Waals surface area contributed by atoms with Gasteiger partial charge in [0.25, 0.3) is 0 Å². The van der Waals surface area contributed by atoms with Gasteiger partial charge >= 0.3 is 5.97 Å². The molecule has 1 rings (SSSR count). The molecule has 1 N–H and O–H groups in total. The fourth-order valence-electron chi connectivity index (χ4n) is 1.31. The summed E-state index contributed by atoms with van der Waals surface area (Å²) >= 11 is 0. The molecular formula is C12H14O6. The lowest BCUT2D eigenvalue weighted by Crippen LogP contribution is -2.23. The topological polar surface area (TPSA) is 82.1 Å². The number of benzene rings is 1. The summed E-state index contributed by atoms with van der Waals surface area (Å²) in [6, 6.07) is 2.89. The Morgan fingerprint density at radius 3 is 2.11 bits per heavy atom. The molecule has 0 saturated carbocycles. The Morgan fingerprint density at radius 1 is 1.28 bits per heavy atom. The van der Waals surface area contributed by atoms with E-state index in [0.29, 0.717) is 11.8 Å². The molecule has 6 heteroatoms. The summed E-state index contributed by atoms with van der Waals surface area (Å²) in [4.78, 5) is 21.5. The molecule has 1 atom stereocenters. The molecule has 98 valence electrons. The minimum Gasteiger partial charge on any atom is -0.493 e. The molecule has 6 nitrogen and oxygen atoms in total. The first-order valence-electron chi connectivity index (χ1n) is 5.14. The van der Waals surface area contributed by atoms with Crippen molar-refractivity contribution in [1.29, 1.82) is 0 Å². The van der Waals surface area contributed by atoms with Gasteiger partial charge in [-0.3, -0.25) is 4.79 Å². The fourth-order valence-corrected chi connectivity index (χ4v) is 1.31. The molecule has 0 amide bonds. The molecule has 0 aromatic heterocycles. The third-order valence-electron chi connectivity index (χ3n) is 2.26. The van der Waals surface area contributed by atoms with Crippen molar-refractivity contribution in [3.05, 3.63) is 17.7 Å². The molecule has 0 bridgehead atoms. The van der Waals surface area contributed by atoms with Gasteiger partial charge in [-0.2, -0.15) is 0 Å². The first kappa shape index (κ1) is 13.8. The van der Waals surface area contributed by atoms with E-state index in [1.807, 2.05) is 0 Å². The number of ether oxygens (including phenoxy) is 3. The van der Waals surface area contributed by atoms with E-state index in [1.54, 1.807) is 0 Å². The van der Waals surface area contributed by atoms with Gasteiger partial charge in [0.2, 0.25) is 5.75 Å². The van der Waals surface area contributed by atoms with Crippen molar-refractivity contribution in [3.63, 3.8) is 0 Å². The molecule has 0 aliphatic rings. The standard InChI is InChI=1S/C12H14O6/c1-7(12(14)15)18-11-9(16-2)4-8(6-13)5-10(11)17-3/h4-7H,1-3H3,(H,14,15). The predicted molar refractivity (Wildman–Crippen MR) is 62.7 cm³/mol. The van der Waals surface area contributed by atoms with Gasteiger partial charge < -0.3 is 19.3 Å². The smallest absolute Gasteiger partial charge is 0.344 e. The molecule has 0 fully saturated rings. The Bertz CT molecular complexity index is 429. The van der Waals surface area contributed by atoms with E-state index in [4.69, 9.17) is 19.3 Å². The van der Waals surface area contributed by atoms with Crippen molar-refractivity contribution in [2.45, 2.75) is 13.0 Å². The number of aliphatic carboxylic acids is 1.